The summed E-state index contributed by atoms with van der Waals surface area (Å²) in [6, 6.07) is 8.35. The summed E-state index contributed by atoms with van der Waals surface area (Å²) in [5.74, 6) is 1.28. The van der Waals surface area contributed by atoms with Gasteiger partial charge >= 0.3 is 0 Å². The predicted molar refractivity (Wildman–Crippen MR) is 67.9 cm³/mol. The van der Waals surface area contributed by atoms with E-state index in [9.17, 15) is 5.11 Å². The summed E-state index contributed by atoms with van der Waals surface area (Å²) in [6.45, 7) is 4.31. The number of phenolic OH excluding ortho intramolecular Hbond substituents is 1. The van der Waals surface area contributed by atoms with Crippen LogP contribution in [0.5, 0.6) is 5.75 Å². The molecular weight excluding hydrogens is 212 g/mol. The van der Waals surface area contributed by atoms with E-state index in [4.69, 9.17) is 0 Å². The summed E-state index contributed by atoms with van der Waals surface area (Å²) in [5.41, 5.74) is 1.22. The summed E-state index contributed by atoms with van der Waals surface area (Å²) in [7, 11) is 0. The highest BCUT2D eigenvalue weighted by Gasteiger charge is 2.36. The number of hydrogen-bond donors (Lipinski definition) is 2. The van der Waals surface area contributed by atoms with Gasteiger partial charge in [0.2, 0.25) is 0 Å². The zero-order valence-corrected chi connectivity index (χ0v) is 10.1. The molecule has 2 N–H and O–H groups in total. The number of aromatic hydroxyl groups is 1. The molecule has 1 saturated heterocycles. The maximum absolute atomic E-state index is 9.50. The molecule has 1 aliphatic carbocycles. The van der Waals surface area contributed by atoms with E-state index in [0.29, 0.717) is 11.8 Å². The third-order valence-corrected chi connectivity index (χ3v) is 3.86. The largest absolute Gasteiger partial charge is 0.508 e. The molecule has 2 aliphatic rings. The molecule has 1 heterocycles. The highest BCUT2D eigenvalue weighted by Crippen LogP contribution is 2.36. The van der Waals surface area contributed by atoms with Crippen molar-refractivity contribution < 1.29 is 5.11 Å². The van der Waals surface area contributed by atoms with E-state index >= 15 is 0 Å². The molecule has 1 saturated carbocycles. The second-order valence-electron chi connectivity index (χ2n) is 5.25. The molecule has 3 nitrogen and oxygen atoms in total. The molecule has 92 valence electrons. The molecule has 1 aromatic carbocycles. The van der Waals surface area contributed by atoms with Crippen LogP contribution in [0.1, 0.15) is 18.4 Å². The van der Waals surface area contributed by atoms with Crippen LogP contribution < -0.4 is 5.32 Å². The quantitative estimate of drug-likeness (QED) is 0.830. The van der Waals surface area contributed by atoms with Crippen molar-refractivity contribution in [2.24, 2.45) is 5.92 Å². The Balaban J connectivity index is 1.69. The molecule has 1 aliphatic heterocycles. The Bertz CT molecular complexity index is 390. The highest BCUT2D eigenvalue weighted by molar-refractivity contribution is 5.27. The van der Waals surface area contributed by atoms with Gasteiger partial charge in [-0.2, -0.15) is 0 Å². The van der Waals surface area contributed by atoms with Crippen molar-refractivity contribution >= 4 is 0 Å². The zero-order valence-electron chi connectivity index (χ0n) is 10.1. The average molecular weight is 232 g/mol. The van der Waals surface area contributed by atoms with Crippen molar-refractivity contribution in [2.45, 2.75) is 25.4 Å². The van der Waals surface area contributed by atoms with E-state index in [1.807, 2.05) is 12.1 Å². The standard InChI is InChI=1S/C14H20N2O/c17-13-3-1-2-11(8-13)10-16-7-6-15-9-14(16)12-4-5-12/h1-3,8,12,14-15,17H,4-7,9-10H2. The molecule has 2 fully saturated rings. The third-order valence-electron chi connectivity index (χ3n) is 3.86. The Hall–Kier alpha value is -1.06. The van der Waals surface area contributed by atoms with Crippen LogP contribution in [0, 0.1) is 5.92 Å². The van der Waals surface area contributed by atoms with Crippen LogP contribution in [0.3, 0.4) is 0 Å². The lowest BCUT2D eigenvalue weighted by Gasteiger charge is -2.36. The lowest BCUT2D eigenvalue weighted by Crippen LogP contribution is -2.51. The van der Waals surface area contributed by atoms with Crippen molar-refractivity contribution in [3.63, 3.8) is 0 Å². The fourth-order valence-corrected chi connectivity index (χ4v) is 2.80. The molecule has 0 aromatic heterocycles. The first-order chi connectivity index (χ1) is 8.33. The van der Waals surface area contributed by atoms with Crippen LogP contribution >= 0.6 is 0 Å². The van der Waals surface area contributed by atoms with Crippen molar-refractivity contribution in [3.05, 3.63) is 29.8 Å². The smallest absolute Gasteiger partial charge is 0.115 e. The van der Waals surface area contributed by atoms with Gasteiger partial charge in [0.15, 0.2) is 0 Å². The number of piperazine rings is 1. The SMILES string of the molecule is Oc1cccc(CN2CCNCC2C2CC2)c1. The van der Waals surface area contributed by atoms with Gasteiger partial charge in [-0.25, -0.2) is 0 Å². The molecule has 1 atom stereocenters. The van der Waals surface area contributed by atoms with Crippen LogP contribution in [0.4, 0.5) is 0 Å². The second-order valence-corrected chi connectivity index (χ2v) is 5.25. The van der Waals surface area contributed by atoms with E-state index in [1.165, 1.54) is 18.4 Å². The molecule has 1 aromatic rings. The number of rotatable bonds is 3. The number of benzene rings is 1. The molecule has 17 heavy (non-hydrogen) atoms. The van der Waals surface area contributed by atoms with Crippen LogP contribution in [-0.4, -0.2) is 35.7 Å². The summed E-state index contributed by atoms with van der Waals surface area (Å²) < 4.78 is 0. The highest BCUT2D eigenvalue weighted by atomic mass is 16.3. The fraction of sp³-hybridized carbons (Fsp3) is 0.571. The summed E-state index contributed by atoms with van der Waals surface area (Å²) in [6.07, 6.45) is 2.78. The summed E-state index contributed by atoms with van der Waals surface area (Å²) in [4.78, 5) is 2.57. The Morgan fingerprint density at radius 3 is 3.00 bits per heavy atom. The van der Waals surface area contributed by atoms with Crippen molar-refractivity contribution in [2.75, 3.05) is 19.6 Å². The molecule has 0 spiro atoms. The minimum atomic E-state index is 0.376. The van der Waals surface area contributed by atoms with E-state index in [1.54, 1.807) is 6.07 Å². The van der Waals surface area contributed by atoms with Crippen molar-refractivity contribution in [1.29, 1.82) is 0 Å². The number of hydrogen-bond acceptors (Lipinski definition) is 3. The van der Waals surface area contributed by atoms with Crippen LogP contribution in [0.2, 0.25) is 0 Å². The minimum Gasteiger partial charge on any atom is -0.508 e. The summed E-state index contributed by atoms with van der Waals surface area (Å²) in [5, 5.41) is 13.0. The molecule has 0 bridgehead atoms. The Morgan fingerprint density at radius 2 is 2.24 bits per heavy atom. The topological polar surface area (TPSA) is 35.5 Å². The molecule has 3 heteroatoms. The maximum atomic E-state index is 9.50. The first-order valence-corrected chi connectivity index (χ1v) is 6.55. The minimum absolute atomic E-state index is 0.376. The van der Waals surface area contributed by atoms with Gasteiger partial charge in [-0.05, 0) is 36.5 Å². The van der Waals surface area contributed by atoms with Gasteiger partial charge in [0.25, 0.3) is 0 Å². The normalized spacial score (nSPS) is 26.0. The number of nitrogens with zero attached hydrogens (tertiary/aromatic N) is 1. The van der Waals surface area contributed by atoms with Crippen LogP contribution in [0.15, 0.2) is 24.3 Å². The first kappa shape index (κ1) is 11.1. The molecule has 3 rings (SSSR count). The zero-order chi connectivity index (χ0) is 11.7. The van der Waals surface area contributed by atoms with E-state index in [0.717, 1.165) is 32.1 Å². The maximum Gasteiger partial charge on any atom is 0.115 e. The van der Waals surface area contributed by atoms with Gasteiger partial charge in [0.1, 0.15) is 5.75 Å². The van der Waals surface area contributed by atoms with E-state index in [2.05, 4.69) is 16.3 Å². The van der Waals surface area contributed by atoms with Gasteiger partial charge in [0.05, 0.1) is 0 Å². The van der Waals surface area contributed by atoms with Gasteiger partial charge < -0.3 is 10.4 Å². The molecule has 0 amide bonds. The van der Waals surface area contributed by atoms with Crippen LogP contribution in [-0.2, 0) is 6.54 Å². The fourth-order valence-electron chi connectivity index (χ4n) is 2.80. The van der Waals surface area contributed by atoms with Crippen molar-refractivity contribution in [1.82, 2.24) is 10.2 Å². The molecular formula is C14H20N2O. The van der Waals surface area contributed by atoms with Crippen LogP contribution in [0.25, 0.3) is 0 Å². The molecule has 1 unspecified atom stereocenters. The second kappa shape index (κ2) is 4.67. The van der Waals surface area contributed by atoms with Gasteiger partial charge in [-0.1, -0.05) is 12.1 Å². The van der Waals surface area contributed by atoms with Gasteiger partial charge in [0, 0.05) is 32.2 Å². The Kier molecular flexibility index (Phi) is 3.04. The Morgan fingerprint density at radius 1 is 1.35 bits per heavy atom. The van der Waals surface area contributed by atoms with Crippen molar-refractivity contribution in [3.8, 4) is 5.75 Å². The summed E-state index contributed by atoms with van der Waals surface area (Å²) >= 11 is 0. The number of nitrogens with one attached hydrogen (secondary N) is 1. The molecule has 0 radical (unpaired) electrons. The lowest BCUT2D eigenvalue weighted by molar-refractivity contribution is 0.135. The van der Waals surface area contributed by atoms with E-state index in [-0.39, 0.29) is 0 Å². The Labute approximate surface area is 102 Å². The monoisotopic (exact) mass is 232 g/mol. The number of phenols is 1. The lowest BCUT2D eigenvalue weighted by atomic mass is 10.1. The average Bonchev–Trinajstić information content (AvgIpc) is 3.14. The third kappa shape index (κ3) is 2.61. The van der Waals surface area contributed by atoms with E-state index < -0.39 is 0 Å². The van der Waals surface area contributed by atoms with Gasteiger partial charge in [-0.3, -0.25) is 4.90 Å². The predicted octanol–water partition coefficient (Wildman–Crippen LogP) is 1.58. The first-order valence-electron chi connectivity index (χ1n) is 6.55. The van der Waals surface area contributed by atoms with Gasteiger partial charge in [-0.15, -0.1) is 0 Å².